The Morgan fingerprint density at radius 3 is 0.677 bits per heavy atom. The van der Waals surface area contributed by atoms with Crippen molar-refractivity contribution < 1.29 is 0 Å². The minimum atomic E-state index is 0.635. The van der Waals surface area contributed by atoms with Crippen LogP contribution in [0.4, 0.5) is 0 Å². The van der Waals surface area contributed by atoms with Gasteiger partial charge in [0.2, 0.25) is 0 Å². The summed E-state index contributed by atoms with van der Waals surface area (Å²) < 4.78 is 0. The molecule has 0 N–H and O–H groups in total. The Kier molecular flexibility index (Phi) is 9.41. The summed E-state index contributed by atoms with van der Waals surface area (Å²) in [5.41, 5.74) is 10.2. The van der Waals surface area contributed by atoms with Crippen LogP contribution < -0.4 is 0 Å². The van der Waals surface area contributed by atoms with E-state index in [2.05, 4.69) is 97.1 Å². The first-order chi connectivity index (χ1) is 30.7. The van der Waals surface area contributed by atoms with Crippen LogP contribution in [-0.4, -0.2) is 29.9 Å². The highest BCUT2D eigenvalue weighted by molar-refractivity contribution is 6.15. The smallest absolute Gasteiger partial charge is 0.164 e. The number of nitrogens with zero attached hydrogens (tertiary/aromatic N) is 6. The molecule has 0 radical (unpaired) electrons. The average molecular weight is 793 g/mol. The summed E-state index contributed by atoms with van der Waals surface area (Å²) in [6.07, 6.45) is 0. The van der Waals surface area contributed by atoms with Crippen molar-refractivity contribution in [2.75, 3.05) is 0 Å². The Morgan fingerprint density at radius 2 is 0.403 bits per heavy atom. The molecule has 290 valence electrons. The molecule has 0 fully saturated rings. The van der Waals surface area contributed by atoms with Gasteiger partial charge in [0.25, 0.3) is 0 Å². The van der Waals surface area contributed by atoms with Gasteiger partial charge in [0.05, 0.1) is 0 Å². The molecule has 0 spiro atoms. The van der Waals surface area contributed by atoms with Crippen LogP contribution in [0.1, 0.15) is 0 Å². The summed E-state index contributed by atoms with van der Waals surface area (Å²) in [5.74, 6) is 3.85. The minimum absolute atomic E-state index is 0.635. The second kappa shape index (κ2) is 15.9. The predicted octanol–water partition coefficient (Wildman–Crippen LogP) is 13.7. The summed E-state index contributed by atoms with van der Waals surface area (Å²) in [6, 6.07) is 75.0. The molecule has 0 saturated heterocycles. The number of fused-ring (bicyclic) bond motifs is 3. The second-order valence-corrected chi connectivity index (χ2v) is 15.1. The van der Waals surface area contributed by atoms with E-state index >= 15 is 0 Å². The Labute approximate surface area is 359 Å². The van der Waals surface area contributed by atoms with Gasteiger partial charge in [0, 0.05) is 33.4 Å². The molecule has 62 heavy (non-hydrogen) atoms. The molecule has 11 rings (SSSR count). The van der Waals surface area contributed by atoms with Gasteiger partial charge in [0.1, 0.15) is 0 Å². The molecule has 0 aliphatic rings. The van der Waals surface area contributed by atoms with Gasteiger partial charge in [-0.3, -0.25) is 0 Å². The molecule has 0 aliphatic carbocycles. The van der Waals surface area contributed by atoms with E-state index in [9.17, 15) is 0 Å². The van der Waals surface area contributed by atoms with Crippen LogP contribution in [0, 0.1) is 0 Å². The van der Waals surface area contributed by atoms with E-state index in [-0.39, 0.29) is 0 Å². The van der Waals surface area contributed by atoms with Crippen LogP contribution in [-0.2, 0) is 0 Å². The van der Waals surface area contributed by atoms with E-state index in [4.69, 9.17) is 29.9 Å². The van der Waals surface area contributed by atoms with Crippen LogP contribution in [0.5, 0.6) is 0 Å². The van der Waals surface area contributed by atoms with Crippen molar-refractivity contribution in [1.29, 1.82) is 0 Å². The van der Waals surface area contributed by atoms with Crippen molar-refractivity contribution in [3.63, 3.8) is 0 Å². The number of rotatable bonds is 8. The largest absolute Gasteiger partial charge is 0.208 e. The summed E-state index contributed by atoms with van der Waals surface area (Å²) in [5, 5.41) is 4.78. The van der Waals surface area contributed by atoms with Crippen molar-refractivity contribution >= 4 is 21.5 Å². The van der Waals surface area contributed by atoms with Crippen LogP contribution in [0.25, 0.3) is 112 Å². The van der Waals surface area contributed by atoms with E-state index in [0.717, 1.165) is 44.5 Å². The van der Waals surface area contributed by atoms with Gasteiger partial charge in [-0.25, -0.2) is 29.9 Å². The van der Waals surface area contributed by atoms with Gasteiger partial charge < -0.3 is 0 Å². The van der Waals surface area contributed by atoms with Gasteiger partial charge >= 0.3 is 0 Å². The average Bonchev–Trinajstić information content (AvgIpc) is 3.37. The SMILES string of the molecule is c1ccc(-c2nc(-c3ccccc3)nc(-c3ccc(-c4cccc5c4ccc4c(-c6ccc(-c7nc(-c8ccccc8)nc(-c8ccccc8)n7)cc6)cccc45)cc3)n2)cc1. The zero-order valence-electron chi connectivity index (χ0n) is 33.5. The van der Waals surface area contributed by atoms with Gasteiger partial charge in [-0.15, -0.1) is 0 Å². The number of hydrogen-bond acceptors (Lipinski definition) is 6. The van der Waals surface area contributed by atoms with Crippen LogP contribution in [0.15, 0.2) is 218 Å². The van der Waals surface area contributed by atoms with Crippen molar-refractivity contribution in [3.05, 3.63) is 218 Å². The van der Waals surface area contributed by atoms with Crippen LogP contribution >= 0.6 is 0 Å². The molecule has 2 aromatic heterocycles. The summed E-state index contributed by atoms with van der Waals surface area (Å²) >= 11 is 0. The highest BCUT2D eigenvalue weighted by atomic mass is 15.0. The Morgan fingerprint density at radius 1 is 0.161 bits per heavy atom. The standard InChI is InChI=1S/C56H36N6/c1-5-15-39(16-6-1)51-57-52(40-17-7-2-8-18-40)60-55(59-51)43-31-27-37(28-32-43)45-23-13-25-47-48-26-14-24-46(50(48)36-35-49(45)47)38-29-33-44(34-30-38)56-61-53(41-19-9-3-10-20-41)58-54(62-56)42-21-11-4-12-22-42/h1-36H. The molecular formula is C56H36N6. The molecule has 0 bridgehead atoms. The maximum Gasteiger partial charge on any atom is 0.164 e. The predicted molar refractivity (Wildman–Crippen MR) is 252 cm³/mol. The molecular weight excluding hydrogens is 757 g/mol. The fourth-order valence-corrected chi connectivity index (χ4v) is 8.10. The highest BCUT2D eigenvalue weighted by Gasteiger charge is 2.16. The van der Waals surface area contributed by atoms with Crippen LogP contribution in [0.3, 0.4) is 0 Å². The van der Waals surface area contributed by atoms with E-state index < -0.39 is 0 Å². The van der Waals surface area contributed by atoms with Gasteiger partial charge in [-0.1, -0.05) is 218 Å². The lowest BCUT2D eigenvalue weighted by atomic mass is 9.91. The maximum atomic E-state index is 4.94. The van der Waals surface area contributed by atoms with Gasteiger partial charge in [-0.05, 0) is 43.8 Å². The first-order valence-electron chi connectivity index (χ1n) is 20.6. The molecule has 0 aliphatic heterocycles. The zero-order chi connectivity index (χ0) is 41.2. The normalized spacial score (nSPS) is 11.2. The summed E-state index contributed by atoms with van der Waals surface area (Å²) in [6.45, 7) is 0. The minimum Gasteiger partial charge on any atom is -0.208 e. The van der Waals surface area contributed by atoms with Crippen molar-refractivity contribution in [2.45, 2.75) is 0 Å². The van der Waals surface area contributed by atoms with Crippen molar-refractivity contribution in [3.8, 4) is 90.6 Å². The van der Waals surface area contributed by atoms with E-state index in [1.54, 1.807) is 0 Å². The lowest BCUT2D eigenvalue weighted by Crippen LogP contribution is -2.00. The third-order valence-corrected chi connectivity index (χ3v) is 11.2. The Bertz CT molecular complexity index is 3010. The number of hydrogen-bond donors (Lipinski definition) is 0. The summed E-state index contributed by atoms with van der Waals surface area (Å²) in [4.78, 5) is 29.5. The fourth-order valence-electron chi connectivity index (χ4n) is 8.10. The molecule has 9 aromatic carbocycles. The second-order valence-electron chi connectivity index (χ2n) is 15.1. The van der Waals surface area contributed by atoms with Gasteiger partial charge in [-0.2, -0.15) is 0 Å². The highest BCUT2D eigenvalue weighted by Crippen LogP contribution is 2.38. The number of benzene rings is 9. The first-order valence-corrected chi connectivity index (χ1v) is 20.6. The van der Waals surface area contributed by atoms with E-state index in [1.807, 2.05) is 121 Å². The van der Waals surface area contributed by atoms with Crippen molar-refractivity contribution in [2.24, 2.45) is 0 Å². The quantitative estimate of drug-likeness (QED) is 0.143. The van der Waals surface area contributed by atoms with Crippen molar-refractivity contribution in [1.82, 2.24) is 29.9 Å². The van der Waals surface area contributed by atoms with Crippen LogP contribution in [0.2, 0.25) is 0 Å². The first kappa shape index (κ1) is 36.6. The molecule has 0 saturated carbocycles. The molecule has 0 atom stereocenters. The third-order valence-electron chi connectivity index (χ3n) is 11.2. The summed E-state index contributed by atoms with van der Waals surface area (Å²) in [7, 11) is 0. The monoisotopic (exact) mass is 792 g/mol. The van der Waals surface area contributed by atoms with Gasteiger partial charge in [0.15, 0.2) is 34.9 Å². The van der Waals surface area contributed by atoms with E-state index in [1.165, 1.54) is 32.7 Å². The molecule has 0 amide bonds. The fraction of sp³-hybridized carbons (Fsp3) is 0. The zero-order valence-corrected chi connectivity index (χ0v) is 33.5. The van der Waals surface area contributed by atoms with E-state index in [0.29, 0.717) is 34.9 Å². The molecule has 0 unspecified atom stereocenters. The Balaban J connectivity index is 0.927. The lowest BCUT2D eigenvalue weighted by Gasteiger charge is -2.13. The lowest BCUT2D eigenvalue weighted by molar-refractivity contribution is 1.07. The third kappa shape index (κ3) is 7.06. The Hall–Kier alpha value is -8.48. The molecule has 6 heteroatoms. The maximum absolute atomic E-state index is 4.94. The topological polar surface area (TPSA) is 77.3 Å². The molecule has 6 nitrogen and oxygen atoms in total. The molecule has 2 heterocycles. The molecule has 11 aromatic rings. The number of aromatic nitrogens is 6.